The lowest BCUT2D eigenvalue weighted by atomic mass is 10.4. The molecule has 0 aliphatic rings. The van der Waals surface area contributed by atoms with E-state index in [9.17, 15) is 0 Å². The summed E-state index contributed by atoms with van der Waals surface area (Å²) in [7, 11) is 1.67. The Balaban J connectivity index is 2.87. The Morgan fingerprint density at radius 1 is 1.50 bits per heavy atom. The number of rotatable bonds is 3. The molecule has 1 N–H and O–H groups in total. The first-order chi connectivity index (χ1) is 6.65. The highest BCUT2D eigenvalue weighted by molar-refractivity contribution is 6.28. The van der Waals surface area contributed by atoms with E-state index in [0.29, 0.717) is 5.95 Å². The zero-order valence-corrected chi connectivity index (χ0v) is 8.54. The molecular weight excluding hydrogens is 204 g/mol. The third-order valence-electron chi connectivity index (χ3n) is 1.33. The van der Waals surface area contributed by atoms with Crippen LogP contribution in [-0.2, 0) is 0 Å². The summed E-state index contributed by atoms with van der Waals surface area (Å²) in [6.45, 7) is 1.71. The Morgan fingerprint density at radius 3 is 2.79 bits per heavy atom. The second-order valence-corrected chi connectivity index (χ2v) is 2.73. The monoisotopic (exact) mass is 212 g/mol. The van der Waals surface area contributed by atoms with Crippen molar-refractivity contribution in [2.45, 2.75) is 13.0 Å². The summed E-state index contributed by atoms with van der Waals surface area (Å²) in [6.07, 6.45) is 4.73. The number of ether oxygens (including phenoxy) is 1. The molecule has 0 aromatic carbocycles. The number of nitrogens with one attached hydrogen (secondary N) is 1. The van der Waals surface area contributed by atoms with Crippen molar-refractivity contribution in [1.29, 1.82) is 0 Å². The summed E-state index contributed by atoms with van der Waals surface area (Å²) < 4.78 is 5.16. The molecule has 14 heavy (non-hydrogen) atoms. The van der Waals surface area contributed by atoms with Gasteiger partial charge in [0.25, 0.3) is 0 Å². The summed E-state index contributed by atoms with van der Waals surface area (Å²) in [4.78, 5) is 11.4. The Kier molecular flexibility index (Phi) is 3.48. The van der Waals surface area contributed by atoms with Gasteiger partial charge in [-0.05, 0) is 18.5 Å². The molecule has 0 aliphatic carbocycles. The van der Waals surface area contributed by atoms with Crippen LogP contribution in [0.5, 0.6) is 6.01 Å². The lowest BCUT2D eigenvalue weighted by Gasteiger charge is -2.07. The summed E-state index contributed by atoms with van der Waals surface area (Å²) in [5.74, 6) is 2.72. The average Bonchev–Trinajstić information content (AvgIpc) is 2.16. The van der Waals surface area contributed by atoms with Crippen molar-refractivity contribution in [3.8, 4) is 18.4 Å². The van der Waals surface area contributed by atoms with Crippen LogP contribution in [0.25, 0.3) is 0 Å². The number of halogens is 1. The first-order valence-electron chi connectivity index (χ1n) is 3.88. The lowest BCUT2D eigenvalue weighted by molar-refractivity contribution is 0.255. The molecule has 1 rings (SSSR count). The standard InChI is InChI=1S/C8H9ClN4O/c1-4-5(2)14-8-12-6(9)11-7(10-3)13-8/h1,5H,2-3H3,(H,10,11,12,13). The van der Waals surface area contributed by atoms with Gasteiger partial charge in [-0.15, -0.1) is 6.42 Å². The average molecular weight is 213 g/mol. The molecule has 1 aromatic rings. The van der Waals surface area contributed by atoms with Crippen LogP contribution >= 0.6 is 11.6 Å². The van der Waals surface area contributed by atoms with Gasteiger partial charge in [0, 0.05) is 7.05 Å². The van der Waals surface area contributed by atoms with Gasteiger partial charge in [0.2, 0.25) is 11.2 Å². The Bertz CT molecular complexity index is 363. The van der Waals surface area contributed by atoms with Crippen molar-refractivity contribution in [3.63, 3.8) is 0 Å². The summed E-state index contributed by atoms with van der Waals surface area (Å²) in [5, 5.41) is 2.78. The molecule has 0 radical (unpaired) electrons. The fourth-order valence-corrected chi connectivity index (χ4v) is 0.841. The highest BCUT2D eigenvalue weighted by Gasteiger charge is 2.07. The van der Waals surface area contributed by atoms with Gasteiger partial charge in [-0.2, -0.15) is 15.0 Å². The van der Waals surface area contributed by atoms with Crippen molar-refractivity contribution in [1.82, 2.24) is 15.0 Å². The molecule has 1 aromatic heterocycles. The predicted octanol–water partition coefficient (Wildman–Crippen LogP) is 0.967. The van der Waals surface area contributed by atoms with Crippen LogP contribution in [0, 0.1) is 12.3 Å². The molecule has 0 bridgehead atoms. The van der Waals surface area contributed by atoms with E-state index in [1.165, 1.54) is 0 Å². The Labute approximate surface area is 86.9 Å². The Hall–Kier alpha value is -1.54. The normalized spacial score (nSPS) is 11.6. The first kappa shape index (κ1) is 10.5. The Morgan fingerprint density at radius 2 is 2.21 bits per heavy atom. The molecule has 0 saturated carbocycles. The molecule has 0 spiro atoms. The maximum Gasteiger partial charge on any atom is 0.323 e. The maximum atomic E-state index is 5.62. The van der Waals surface area contributed by atoms with Crippen LogP contribution in [0.3, 0.4) is 0 Å². The van der Waals surface area contributed by atoms with Crippen molar-refractivity contribution < 1.29 is 4.74 Å². The predicted molar refractivity (Wildman–Crippen MR) is 53.3 cm³/mol. The van der Waals surface area contributed by atoms with Crippen LogP contribution in [0.4, 0.5) is 5.95 Å². The van der Waals surface area contributed by atoms with Gasteiger partial charge in [0.05, 0.1) is 0 Å². The topological polar surface area (TPSA) is 59.9 Å². The first-order valence-corrected chi connectivity index (χ1v) is 4.25. The summed E-state index contributed by atoms with van der Waals surface area (Å²) >= 11 is 5.62. The van der Waals surface area contributed by atoms with Crippen molar-refractivity contribution in [3.05, 3.63) is 5.28 Å². The molecule has 0 saturated heterocycles. The third kappa shape index (κ3) is 2.75. The number of hydrogen-bond acceptors (Lipinski definition) is 5. The largest absolute Gasteiger partial charge is 0.447 e. The van der Waals surface area contributed by atoms with E-state index in [4.69, 9.17) is 22.8 Å². The number of anilines is 1. The third-order valence-corrected chi connectivity index (χ3v) is 1.50. The minimum atomic E-state index is -0.404. The van der Waals surface area contributed by atoms with Crippen molar-refractivity contribution in [2.75, 3.05) is 12.4 Å². The van der Waals surface area contributed by atoms with Gasteiger partial charge in [-0.3, -0.25) is 0 Å². The van der Waals surface area contributed by atoms with Crippen LogP contribution < -0.4 is 10.1 Å². The molecule has 0 fully saturated rings. The van der Waals surface area contributed by atoms with Gasteiger partial charge in [-0.25, -0.2) is 0 Å². The van der Waals surface area contributed by atoms with Crippen molar-refractivity contribution >= 4 is 17.5 Å². The SMILES string of the molecule is C#CC(C)Oc1nc(Cl)nc(NC)n1. The highest BCUT2D eigenvalue weighted by Crippen LogP contribution is 2.11. The van der Waals surface area contributed by atoms with Gasteiger partial charge in [0.1, 0.15) is 0 Å². The van der Waals surface area contributed by atoms with E-state index >= 15 is 0 Å². The number of hydrogen-bond donors (Lipinski definition) is 1. The van der Waals surface area contributed by atoms with E-state index in [0.717, 1.165) is 0 Å². The molecule has 0 amide bonds. The lowest BCUT2D eigenvalue weighted by Crippen LogP contribution is -2.12. The molecule has 1 atom stereocenters. The van der Waals surface area contributed by atoms with E-state index in [2.05, 4.69) is 26.2 Å². The summed E-state index contributed by atoms with van der Waals surface area (Å²) in [5.41, 5.74) is 0. The van der Waals surface area contributed by atoms with E-state index in [1.807, 2.05) is 0 Å². The molecule has 6 heteroatoms. The van der Waals surface area contributed by atoms with E-state index in [-0.39, 0.29) is 11.3 Å². The minimum absolute atomic E-state index is 0.0589. The van der Waals surface area contributed by atoms with Crippen LogP contribution in [0.2, 0.25) is 5.28 Å². The molecule has 0 aliphatic heterocycles. The molecule has 1 unspecified atom stereocenters. The zero-order chi connectivity index (χ0) is 10.6. The van der Waals surface area contributed by atoms with Crippen LogP contribution in [0.15, 0.2) is 0 Å². The van der Waals surface area contributed by atoms with E-state index in [1.54, 1.807) is 14.0 Å². The highest BCUT2D eigenvalue weighted by atomic mass is 35.5. The second kappa shape index (κ2) is 4.63. The fourth-order valence-electron chi connectivity index (χ4n) is 0.689. The quantitative estimate of drug-likeness (QED) is 0.757. The molecular formula is C8H9ClN4O. The van der Waals surface area contributed by atoms with Crippen molar-refractivity contribution in [2.24, 2.45) is 0 Å². The number of aromatic nitrogens is 3. The van der Waals surface area contributed by atoms with Crippen LogP contribution in [-0.4, -0.2) is 28.1 Å². The minimum Gasteiger partial charge on any atom is -0.447 e. The van der Waals surface area contributed by atoms with E-state index < -0.39 is 6.10 Å². The van der Waals surface area contributed by atoms with Gasteiger partial charge >= 0.3 is 6.01 Å². The van der Waals surface area contributed by atoms with Gasteiger partial charge < -0.3 is 10.1 Å². The second-order valence-electron chi connectivity index (χ2n) is 2.39. The summed E-state index contributed by atoms with van der Waals surface area (Å²) in [6, 6.07) is 0.111. The number of nitrogens with zero attached hydrogens (tertiary/aromatic N) is 3. The smallest absolute Gasteiger partial charge is 0.323 e. The maximum absolute atomic E-state index is 5.62. The number of terminal acetylenes is 1. The zero-order valence-electron chi connectivity index (χ0n) is 7.78. The van der Waals surface area contributed by atoms with Crippen LogP contribution in [0.1, 0.15) is 6.92 Å². The van der Waals surface area contributed by atoms with Gasteiger partial charge in [0.15, 0.2) is 6.10 Å². The molecule has 1 heterocycles. The fraction of sp³-hybridized carbons (Fsp3) is 0.375. The van der Waals surface area contributed by atoms with Gasteiger partial charge in [-0.1, -0.05) is 5.92 Å². The molecule has 5 nitrogen and oxygen atoms in total. The molecule has 74 valence electrons.